The predicted molar refractivity (Wildman–Crippen MR) is 95.4 cm³/mol. The summed E-state index contributed by atoms with van der Waals surface area (Å²) in [4.78, 5) is 26.5. The molecule has 0 aliphatic carbocycles. The maximum atomic E-state index is 12.0. The third-order valence-corrected chi connectivity index (χ3v) is 4.26. The van der Waals surface area contributed by atoms with Gasteiger partial charge in [0.2, 0.25) is 5.91 Å². The summed E-state index contributed by atoms with van der Waals surface area (Å²) in [7, 11) is 0. The van der Waals surface area contributed by atoms with Crippen molar-refractivity contribution in [2.24, 2.45) is 0 Å². The van der Waals surface area contributed by atoms with E-state index in [1.54, 1.807) is 30.3 Å². The molecule has 1 amide bonds. The molecule has 0 bridgehead atoms. The number of rotatable bonds is 4. The smallest absolute Gasteiger partial charge is 0.270 e. The molecule has 0 fully saturated rings. The number of nitro benzene ring substituents is 1. The number of halogens is 1. The maximum absolute atomic E-state index is 12.0. The zero-order valence-electron chi connectivity index (χ0n) is 12.1. The minimum atomic E-state index is -0.482. The molecular weight excluding hydrogens is 350 g/mol. The molecule has 0 spiro atoms. The number of thiazole rings is 1. The third-order valence-electron chi connectivity index (χ3n) is 3.09. The normalized spacial score (nSPS) is 11.0. The molecule has 0 unspecified atom stereocenters. The molecule has 3 rings (SSSR count). The highest BCUT2D eigenvalue weighted by Gasteiger charge is 2.07. The number of amides is 1. The van der Waals surface area contributed by atoms with Crippen LogP contribution in [0.1, 0.15) is 5.56 Å². The van der Waals surface area contributed by atoms with Crippen molar-refractivity contribution in [2.75, 3.05) is 5.32 Å². The molecule has 2 aromatic carbocycles. The predicted octanol–water partition coefficient (Wildman–Crippen LogP) is 4.51. The number of fused-ring (bicyclic) bond motifs is 1. The van der Waals surface area contributed by atoms with Crippen LogP contribution in [-0.4, -0.2) is 15.8 Å². The molecule has 0 radical (unpaired) electrons. The molecule has 6 nitrogen and oxygen atoms in total. The molecule has 3 aromatic rings. The summed E-state index contributed by atoms with van der Waals surface area (Å²) in [6.07, 6.45) is 2.81. The molecule has 0 atom stereocenters. The zero-order chi connectivity index (χ0) is 17.1. The van der Waals surface area contributed by atoms with Gasteiger partial charge in [-0.1, -0.05) is 35.1 Å². The van der Waals surface area contributed by atoms with Gasteiger partial charge < -0.3 is 0 Å². The Kier molecular flexibility index (Phi) is 4.54. The first-order valence-corrected chi connectivity index (χ1v) is 8.00. The van der Waals surface area contributed by atoms with Gasteiger partial charge in [-0.2, -0.15) is 0 Å². The van der Waals surface area contributed by atoms with Crippen LogP contribution in [0.4, 0.5) is 10.8 Å². The van der Waals surface area contributed by atoms with Gasteiger partial charge in [0, 0.05) is 23.2 Å². The number of anilines is 1. The first kappa shape index (κ1) is 16.1. The first-order chi connectivity index (χ1) is 11.5. The van der Waals surface area contributed by atoms with Gasteiger partial charge >= 0.3 is 0 Å². The van der Waals surface area contributed by atoms with Gasteiger partial charge in [-0.3, -0.25) is 20.2 Å². The van der Waals surface area contributed by atoms with E-state index in [0.717, 1.165) is 10.2 Å². The molecule has 0 saturated carbocycles. The molecule has 0 saturated heterocycles. The van der Waals surface area contributed by atoms with E-state index < -0.39 is 4.92 Å². The largest absolute Gasteiger partial charge is 0.298 e. The molecule has 24 heavy (non-hydrogen) atoms. The van der Waals surface area contributed by atoms with Crippen molar-refractivity contribution in [3.05, 3.63) is 69.2 Å². The van der Waals surface area contributed by atoms with Crippen molar-refractivity contribution in [3.8, 4) is 0 Å². The van der Waals surface area contributed by atoms with E-state index >= 15 is 0 Å². The minimum absolute atomic E-state index is 0.0272. The van der Waals surface area contributed by atoms with Crippen LogP contribution in [0.3, 0.4) is 0 Å². The lowest BCUT2D eigenvalue weighted by atomic mass is 10.2. The molecule has 0 aliphatic rings. The Balaban J connectivity index is 1.72. The van der Waals surface area contributed by atoms with Crippen LogP contribution in [0.25, 0.3) is 16.3 Å². The SMILES string of the molecule is O=C(C=Cc1cccc([N+](=O)[O-])c1)Nc1nc2ccc(Cl)cc2s1. The van der Waals surface area contributed by atoms with E-state index in [1.165, 1.54) is 35.6 Å². The second kappa shape index (κ2) is 6.77. The average molecular weight is 360 g/mol. The van der Waals surface area contributed by atoms with Gasteiger partial charge in [-0.15, -0.1) is 0 Å². The van der Waals surface area contributed by atoms with Gasteiger partial charge in [0.15, 0.2) is 5.13 Å². The standard InChI is InChI=1S/C16H10ClN3O3S/c17-11-5-6-13-14(9-11)24-16(18-13)19-15(21)7-4-10-2-1-3-12(8-10)20(22)23/h1-9H,(H,18,19,21). The molecule has 1 N–H and O–H groups in total. The first-order valence-electron chi connectivity index (χ1n) is 6.81. The number of carbonyl (C=O) groups excluding carboxylic acids is 1. The third kappa shape index (κ3) is 3.76. The fourth-order valence-electron chi connectivity index (χ4n) is 2.01. The molecule has 120 valence electrons. The Labute approximate surface area is 145 Å². The van der Waals surface area contributed by atoms with E-state index in [-0.39, 0.29) is 11.6 Å². The Morgan fingerprint density at radius 1 is 1.29 bits per heavy atom. The summed E-state index contributed by atoms with van der Waals surface area (Å²) in [5.74, 6) is -0.369. The van der Waals surface area contributed by atoms with Crippen molar-refractivity contribution in [1.82, 2.24) is 4.98 Å². The Bertz CT molecular complexity index is 968. The molecule has 8 heteroatoms. The van der Waals surface area contributed by atoms with Crippen LogP contribution in [0.15, 0.2) is 48.5 Å². The summed E-state index contributed by atoms with van der Waals surface area (Å²) in [5.41, 5.74) is 1.29. The quantitative estimate of drug-likeness (QED) is 0.422. The van der Waals surface area contributed by atoms with Crippen molar-refractivity contribution in [3.63, 3.8) is 0 Å². The van der Waals surface area contributed by atoms with E-state index in [0.29, 0.717) is 15.7 Å². The van der Waals surface area contributed by atoms with Crippen LogP contribution >= 0.6 is 22.9 Å². The van der Waals surface area contributed by atoms with Crippen LogP contribution in [0, 0.1) is 10.1 Å². The van der Waals surface area contributed by atoms with Crippen LogP contribution < -0.4 is 5.32 Å². The number of nitrogens with one attached hydrogen (secondary N) is 1. The van der Waals surface area contributed by atoms with Gasteiger partial charge in [0.25, 0.3) is 5.69 Å². The van der Waals surface area contributed by atoms with E-state index in [1.807, 2.05) is 0 Å². The molecule has 1 aromatic heterocycles. The highest BCUT2D eigenvalue weighted by atomic mass is 35.5. The summed E-state index contributed by atoms with van der Waals surface area (Å²) in [6, 6.07) is 11.3. The highest BCUT2D eigenvalue weighted by Crippen LogP contribution is 2.28. The molecular formula is C16H10ClN3O3S. The Morgan fingerprint density at radius 2 is 2.12 bits per heavy atom. The lowest BCUT2D eigenvalue weighted by Crippen LogP contribution is -2.07. The number of nitrogens with zero attached hydrogens (tertiary/aromatic N) is 2. The molecule has 0 aliphatic heterocycles. The summed E-state index contributed by atoms with van der Waals surface area (Å²) in [6.45, 7) is 0. The second-order valence-electron chi connectivity index (χ2n) is 4.81. The number of hydrogen-bond donors (Lipinski definition) is 1. The van der Waals surface area contributed by atoms with Gasteiger partial charge in [-0.25, -0.2) is 4.98 Å². The minimum Gasteiger partial charge on any atom is -0.298 e. The lowest BCUT2D eigenvalue weighted by molar-refractivity contribution is -0.384. The number of nitro groups is 1. The number of benzene rings is 2. The fourth-order valence-corrected chi connectivity index (χ4v) is 3.16. The number of hydrogen-bond acceptors (Lipinski definition) is 5. The van der Waals surface area contributed by atoms with Crippen LogP contribution in [-0.2, 0) is 4.79 Å². The molecule has 1 heterocycles. The Morgan fingerprint density at radius 3 is 2.92 bits per heavy atom. The summed E-state index contributed by atoms with van der Waals surface area (Å²) in [5, 5.41) is 14.5. The fraction of sp³-hybridized carbons (Fsp3) is 0. The van der Waals surface area contributed by atoms with Crippen molar-refractivity contribution >= 4 is 56.0 Å². The Hall–Kier alpha value is -2.77. The average Bonchev–Trinajstić information content (AvgIpc) is 2.94. The van der Waals surface area contributed by atoms with Crippen LogP contribution in [0.2, 0.25) is 5.02 Å². The zero-order valence-corrected chi connectivity index (χ0v) is 13.7. The lowest BCUT2D eigenvalue weighted by Gasteiger charge is -1.96. The highest BCUT2D eigenvalue weighted by molar-refractivity contribution is 7.22. The van der Waals surface area contributed by atoms with Crippen molar-refractivity contribution < 1.29 is 9.72 Å². The van der Waals surface area contributed by atoms with Gasteiger partial charge in [0.1, 0.15) is 0 Å². The van der Waals surface area contributed by atoms with E-state index in [9.17, 15) is 14.9 Å². The number of carbonyl (C=O) groups is 1. The second-order valence-corrected chi connectivity index (χ2v) is 6.27. The van der Waals surface area contributed by atoms with E-state index in [4.69, 9.17) is 11.6 Å². The van der Waals surface area contributed by atoms with Gasteiger partial charge in [-0.05, 0) is 29.8 Å². The summed E-state index contributed by atoms with van der Waals surface area (Å²) < 4.78 is 0.875. The van der Waals surface area contributed by atoms with Crippen molar-refractivity contribution in [1.29, 1.82) is 0 Å². The number of non-ortho nitro benzene ring substituents is 1. The number of aromatic nitrogens is 1. The summed E-state index contributed by atoms with van der Waals surface area (Å²) >= 11 is 7.24. The topological polar surface area (TPSA) is 85.1 Å². The van der Waals surface area contributed by atoms with Crippen LogP contribution in [0.5, 0.6) is 0 Å². The maximum Gasteiger partial charge on any atom is 0.270 e. The van der Waals surface area contributed by atoms with Gasteiger partial charge in [0.05, 0.1) is 15.1 Å². The van der Waals surface area contributed by atoms with Crippen molar-refractivity contribution in [2.45, 2.75) is 0 Å². The van der Waals surface area contributed by atoms with E-state index in [2.05, 4.69) is 10.3 Å². The monoisotopic (exact) mass is 359 g/mol.